The minimum atomic E-state index is -0.469. The molecule has 0 saturated heterocycles. The zero-order valence-corrected chi connectivity index (χ0v) is 14.5. The van der Waals surface area contributed by atoms with Crippen molar-refractivity contribution in [3.05, 3.63) is 58.1 Å². The second kappa shape index (κ2) is 8.24. The molecule has 0 aromatic heterocycles. The Morgan fingerprint density at radius 2 is 1.70 bits per heavy atom. The summed E-state index contributed by atoms with van der Waals surface area (Å²) in [5, 5.41) is 3.26. The van der Waals surface area contributed by atoms with E-state index in [9.17, 15) is 9.59 Å². The minimum Gasteiger partial charge on any atom is -0.497 e. The maximum absolute atomic E-state index is 12.0. The van der Waals surface area contributed by atoms with E-state index >= 15 is 0 Å². The molecule has 2 amide bonds. The number of hydrogen-bond donors (Lipinski definition) is 1. The van der Waals surface area contributed by atoms with Crippen LogP contribution in [-0.2, 0) is 4.79 Å². The van der Waals surface area contributed by atoms with Gasteiger partial charge in [0.15, 0.2) is 0 Å². The first-order valence-electron chi connectivity index (χ1n) is 6.56. The lowest BCUT2D eigenvalue weighted by molar-refractivity contribution is -0.117. The van der Waals surface area contributed by atoms with Gasteiger partial charge in [-0.15, -0.1) is 11.8 Å². The third-order valence-electron chi connectivity index (χ3n) is 2.87. The summed E-state index contributed by atoms with van der Waals surface area (Å²) < 4.78 is 5.01. The van der Waals surface area contributed by atoms with E-state index in [4.69, 9.17) is 27.9 Å². The minimum absolute atomic E-state index is 0.0331. The van der Waals surface area contributed by atoms with Gasteiger partial charge in [0, 0.05) is 10.5 Å². The Hall–Kier alpha value is -1.69. The number of carbonyl (C=O) groups is 2. The van der Waals surface area contributed by atoms with E-state index in [0.717, 1.165) is 0 Å². The van der Waals surface area contributed by atoms with Crippen LogP contribution in [0.15, 0.2) is 47.4 Å². The predicted octanol–water partition coefficient (Wildman–Crippen LogP) is 4.05. The number of imide groups is 1. The molecule has 2 rings (SSSR count). The Kier molecular flexibility index (Phi) is 6.33. The highest BCUT2D eigenvalue weighted by Gasteiger charge is 2.13. The van der Waals surface area contributed by atoms with Crippen molar-refractivity contribution in [2.45, 2.75) is 4.90 Å². The van der Waals surface area contributed by atoms with Gasteiger partial charge in [-0.1, -0.05) is 29.3 Å². The number of hydrogen-bond acceptors (Lipinski definition) is 4. The van der Waals surface area contributed by atoms with Crippen LogP contribution in [0.25, 0.3) is 0 Å². The number of rotatable bonds is 5. The Morgan fingerprint density at radius 1 is 1.09 bits per heavy atom. The summed E-state index contributed by atoms with van der Waals surface area (Å²) in [6, 6.07) is 11.6. The summed E-state index contributed by atoms with van der Waals surface area (Å²) in [7, 11) is 1.54. The smallest absolute Gasteiger partial charge is 0.257 e. The summed E-state index contributed by atoms with van der Waals surface area (Å²) in [6.07, 6.45) is 0. The normalized spacial score (nSPS) is 10.2. The number of benzene rings is 2. The molecular formula is C16H13Cl2NO3S. The average Bonchev–Trinajstić information content (AvgIpc) is 2.54. The predicted molar refractivity (Wildman–Crippen MR) is 92.7 cm³/mol. The molecule has 2 aromatic carbocycles. The highest BCUT2D eigenvalue weighted by molar-refractivity contribution is 8.00. The van der Waals surface area contributed by atoms with Crippen LogP contribution in [-0.4, -0.2) is 24.7 Å². The molecule has 0 radical (unpaired) electrons. The first kappa shape index (κ1) is 17.7. The zero-order chi connectivity index (χ0) is 16.8. The van der Waals surface area contributed by atoms with Gasteiger partial charge in [-0.2, -0.15) is 0 Å². The monoisotopic (exact) mass is 369 g/mol. The van der Waals surface area contributed by atoms with E-state index in [0.29, 0.717) is 26.3 Å². The molecule has 2 aromatic rings. The number of amides is 2. The Labute approximate surface area is 148 Å². The molecule has 0 unspecified atom stereocenters. The van der Waals surface area contributed by atoms with Crippen molar-refractivity contribution in [1.82, 2.24) is 5.32 Å². The molecule has 4 nitrogen and oxygen atoms in total. The molecule has 0 spiro atoms. The standard InChI is InChI=1S/C16H13Cl2NO3S/c1-22-11-7-5-10(6-8-11)16(21)19-14(20)9-23-15-12(17)3-2-4-13(15)18/h2-8H,9H2,1H3,(H,19,20,21). The molecule has 120 valence electrons. The van der Waals surface area contributed by atoms with Crippen LogP contribution in [0.2, 0.25) is 10.0 Å². The van der Waals surface area contributed by atoms with Crippen LogP contribution in [0.5, 0.6) is 5.75 Å². The van der Waals surface area contributed by atoms with Gasteiger partial charge in [-0.3, -0.25) is 14.9 Å². The van der Waals surface area contributed by atoms with Crippen LogP contribution < -0.4 is 10.1 Å². The lowest BCUT2D eigenvalue weighted by Gasteiger charge is -2.07. The highest BCUT2D eigenvalue weighted by atomic mass is 35.5. The molecule has 0 aliphatic heterocycles. The molecule has 0 bridgehead atoms. The van der Waals surface area contributed by atoms with Crippen LogP contribution in [0, 0.1) is 0 Å². The summed E-state index contributed by atoms with van der Waals surface area (Å²) in [6.45, 7) is 0. The van der Waals surface area contributed by atoms with Gasteiger partial charge in [0.1, 0.15) is 5.75 Å². The summed E-state index contributed by atoms with van der Waals surface area (Å²) in [5.41, 5.74) is 0.375. The van der Waals surface area contributed by atoms with E-state index in [-0.39, 0.29) is 5.75 Å². The van der Waals surface area contributed by atoms with Gasteiger partial charge in [-0.05, 0) is 36.4 Å². The van der Waals surface area contributed by atoms with E-state index in [1.807, 2.05) is 0 Å². The first-order chi connectivity index (χ1) is 11.0. The summed E-state index contributed by atoms with van der Waals surface area (Å²) in [5.74, 6) is -0.224. The maximum Gasteiger partial charge on any atom is 0.257 e. The molecule has 0 aliphatic carbocycles. The maximum atomic E-state index is 12.0. The topological polar surface area (TPSA) is 55.4 Å². The van der Waals surface area contributed by atoms with Crippen molar-refractivity contribution in [1.29, 1.82) is 0 Å². The molecule has 7 heteroatoms. The van der Waals surface area contributed by atoms with Crippen molar-refractivity contribution in [3.63, 3.8) is 0 Å². The first-order valence-corrected chi connectivity index (χ1v) is 8.30. The summed E-state index contributed by atoms with van der Waals surface area (Å²) >= 11 is 13.2. The molecule has 0 fully saturated rings. The second-order valence-corrected chi connectivity index (χ2v) is 6.25. The fourth-order valence-corrected chi connectivity index (χ4v) is 3.22. The number of thioether (sulfide) groups is 1. The third kappa shape index (κ3) is 4.89. The lowest BCUT2D eigenvalue weighted by Crippen LogP contribution is -2.31. The molecule has 0 saturated carbocycles. The zero-order valence-electron chi connectivity index (χ0n) is 12.1. The van der Waals surface area contributed by atoms with Crippen molar-refractivity contribution >= 4 is 46.8 Å². The summed E-state index contributed by atoms with van der Waals surface area (Å²) in [4.78, 5) is 24.5. The van der Waals surface area contributed by atoms with Crippen LogP contribution in [0.4, 0.5) is 0 Å². The lowest BCUT2D eigenvalue weighted by atomic mass is 10.2. The van der Waals surface area contributed by atoms with E-state index in [2.05, 4.69) is 5.32 Å². The number of halogens is 2. The van der Waals surface area contributed by atoms with E-state index in [1.165, 1.54) is 18.9 Å². The molecule has 0 atom stereocenters. The molecule has 23 heavy (non-hydrogen) atoms. The SMILES string of the molecule is COc1ccc(C(=O)NC(=O)CSc2c(Cl)cccc2Cl)cc1. The van der Waals surface area contributed by atoms with Gasteiger partial charge in [-0.25, -0.2) is 0 Å². The van der Waals surface area contributed by atoms with Gasteiger partial charge < -0.3 is 4.74 Å². The Morgan fingerprint density at radius 3 is 2.26 bits per heavy atom. The number of carbonyl (C=O) groups excluding carboxylic acids is 2. The van der Waals surface area contributed by atoms with Crippen molar-refractivity contribution < 1.29 is 14.3 Å². The molecule has 1 N–H and O–H groups in total. The van der Waals surface area contributed by atoms with Crippen molar-refractivity contribution in [2.75, 3.05) is 12.9 Å². The quantitative estimate of drug-likeness (QED) is 0.807. The second-order valence-electron chi connectivity index (χ2n) is 4.45. The molecule has 0 heterocycles. The average molecular weight is 370 g/mol. The van der Waals surface area contributed by atoms with Crippen molar-refractivity contribution in [3.8, 4) is 5.75 Å². The number of ether oxygens (including phenoxy) is 1. The van der Waals surface area contributed by atoms with Crippen LogP contribution in [0.3, 0.4) is 0 Å². The third-order valence-corrected chi connectivity index (χ3v) is 4.86. The fourth-order valence-electron chi connectivity index (χ4n) is 1.74. The highest BCUT2D eigenvalue weighted by Crippen LogP contribution is 2.33. The van der Waals surface area contributed by atoms with E-state index < -0.39 is 11.8 Å². The van der Waals surface area contributed by atoms with Gasteiger partial charge >= 0.3 is 0 Å². The number of nitrogens with one attached hydrogen (secondary N) is 1. The Balaban J connectivity index is 1.92. The van der Waals surface area contributed by atoms with Gasteiger partial charge in [0.05, 0.1) is 22.9 Å². The molecular weight excluding hydrogens is 357 g/mol. The fraction of sp³-hybridized carbons (Fsp3) is 0.125. The van der Waals surface area contributed by atoms with Crippen LogP contribution >= 0.6 is 35.0 Å². The number of methoxy groups -OCH3 is 1. The molecule has 0 aliphatic rings. The van der Waals surface area contributed by atoms with Gasteiger partial charge in [0.25, 0.3) is 5.91 Å². The van der Waals surface area contributed by atoms with Crippen LogP contribution in [0.1, 0.15) is 10.4 Å². The van der Waals surface area contributed by atoms with E-state index in [1.54, 1.807) is 42.5 Å². The van der Waals surface area contributed by atoms with Gasteiger partial charge in [0.2, 0.25) is 5.91 Å². The van der Waals surface area contributed by atoms with Crippen molar-refractivity contribution in [2.24, 2.45) is 0 Å². The Bertz CT molecular complexity index is 700. The largest absolute Gasteiger partial charge is 0.497 e.